The van der Waals surface area contributed by atoms with Crippen molar-refractivity contribution in [1.29, 1.82) is 0 Å². The van der Waals surface area contributed by atoms with E-state index in [1.165, 1.54) is 15.6 Å². The van der Waals surface area contributed by atoms with Gasteiger partial charge in [0.2, 0.25) is 0 Å². The normalized spacial score (nSPS) is 11.8. The van der Waals surface area contributed by atoms with Crippen LogP contribution >= 0.6 is 0 Å². The molecule has 0 radical (unpaired) electrons. The van der Waals surface area contributed by atoms with Crippen LogP contribution in [0.4, 0.5) is 17.1 Å². The predicted molar refractivity (Wildman–Crippen MR) is 223 cm³/mol. The van der Waals surface area contributed by atoms with Crippen LogP contribution in [0.15, 0.2) is 149 Å². The van der Waals surface area contributed by atoms with E-state index < -0.39 is 29.3 Å². The Bertz CT molecular complexity index is 1220. The molecule has 260 valence electrons. The van der Waals surface area contributed by atoms with Crippen molar-refractivity contribution in [2.45, 2.75) is 38.5 Å². The third kappa shape index (κ3) is 14.4. The third-order valence-electron chi connectivity index (χ3n) is 8.45. The van der Waals surface area contributed by atoms with Gasteiger partial charge in [0.05, 0.1) is 0 Å². The quantitative estimate of drug-likeness (QED) is 0.0658. The zero-order valence-corrected chi connectivity index (χ0v) is 33.8. The van der Waals surface area contributed by atoms with Crippen molar-refractivity contribution in [1.82, 2.24) is 0 Å². The highest BCUT2D eigenvalue weighted by Crippen LogP contribution is 2.33. The fourth-order valence-corrected chi connectivity index (χ4v) is 9.16. The Morgan fingerprint density at radius 1 is 0.408 bits per heavy atom. The van der Waals surface area contributed by atoms with Crippen LogP contribution in [0.1, 0.15) is 38.5 Å². The molecule has 0 atom stereocenters. The minimum atomic E-state index is -0.836. The van der Waals surface area contributed by atoms with E-state index in [-0.39, 0.29) is 0 Å². The summed E-state index contributed by atoms with van der Waals surface area (Å²) < 4.78 is 18.7. The summed E-state index contributed by atoms with van der Waals surface area (Å²) in [6.07, 6.45) is 17.5. The zero-order valence-electron chi connectivity index (χ0n) is 29.5. The fraction of sp³-hybridized carbons (Fsp3) is 0.286. The van der Waals surface area contributed by atoms with Crippen LogP contribution in [0.5, 0.6) is 0 Å². The van der Waals surface area contributed by atoms with Crippen LogP contribution in [0.2, 0.25) is 0 Å². The molecule has 3 rings (SSSR count). The van der Waals surface area contributed by atoms with Gasteiger partial charge in [0.15, 0.2) is 29.3 Å². The highest BCUT2D eigenvalue weighted by Gasteiger charge is 2.14. The Labute approximate surface area is 303 Å². The van der Waals surface area contributed by atoms with E-state index in [1.807, 2.05) is 36.5 Å². The lowest BCUT2D eigenvalue weighted by atomic mass is 10.0. The second-order valence-corrected chi connectivity index (χ2v) is 17.2. The van der Waals surface area contributed by atoms with E-state index >= 15 is 0 Å². The smallest absolute Gasteiger partial charge is 0.192 e. The van der Waals surface area contributed by atoms with Crippen LogP contribution in [-0.4, -0.2) is 49.1 Å². The third-order valence-corrected chi connectivity index (χ3v) is 12.2. The summed E-state index contributed by atoms with van der Waals surface area (Å²) in [5, 5.41) is 3.86. The lowest BCUT2D eigenvalue weighted by molar-refractivity contribution is 0.266. The molecule has 0 aliphatic carbocycles. The van der Waals surface area contributed by atoms with Gasteiger partial charge in [0, 0.05) is 36.9 Å². The maximum atomic E-state index is 6.23. The minimum Gasteiger partial charge on any atom is -0.418 e. The first-order valence-electron chi connectivity index (χ1n) is 17.5. The summed E-state index contributed by atoms with van der Waals surface area (Å²) in [5.41, 5.74) is 3.35. The van der Waals surface area contributed by atoms with Gasteiger partial charge in [-0.1, -0.05) is 72.9 Å². The van der Waals surface area contributed by atoms with E-state index in [2.05, 4.69) is 117 Å². The highest BCUT2D eigenvalue weighted by atomic mass is 28.2. The Balaban J connectivity index is 1.76. The Kier molecular flexibility index (Phi) is 19.3. The molecule has 0 unspecified atom stereocenters. The van der Waals surface area contributed by atoms with Gasteiger partial charge in [0.1, 0.15) is 0 Å². The molecular formula is C42H57NO3Si3. The highest BCUT2D eigenvalue weighted by molar-refractivity contribution is 6.47. The number of anilines is 3. The fourth-order valence-electron chi connectivity index (χ4n) is 5.81. The van der Waals surface area contributed by atoms with E-state index in [9.17, 15) is 0 Å². The van der Waals surface area contributed by atoms with Gasteiger partial charge < -0.3 is 18.2 Å². The first-order chi connectivity index (χ1) is 24.0. The van der Waals surface area contributed by atoms with Crippen molar-refractivity contribution < 1.29 is 13.3 Å². The molecule has 0 fully saturated rings. The van der Waals surface area contributed by atoms with Crippen LogP contribution < -0.4 is 20.5 Å². The molecule has 49 heavy (non-hydrogen) atoms. The number of rotatable bonds is 27. The van der Waals surface area contributed by atoms with Crippen molar-refractivity contribution in [3.05, 3.63) is 149 Å². The first kappa shape index (κ1) is 39.9. The van der Waals surface area contributed by atoms with Crippen LogP contribution in [-0.2, 0) is 13.3 Å². The van der Waals surface area contributed by atoms with E-state index in [0.717, 1.165) is 75.4 Å². The first-order valence-corrected chi connectivity index (χ1v) is 21.4. The number of hydrogen-bond donors (Lipinski definition) is 0. The maximum Gasteiger partial charge on any atom is 0.192 e. The van der Waals surface area contributed by atoms with Gasteiger partial charge in [-0.25, -0.2) is 0 Å². The number of nitrogens with zero attached hydrogens (tertiary/aromatic N) is 1. The van der Waals surface area contributed by atoms with Gasteiger partial charge in [0.25, 0.3) is 0 Å². The summed E-state index contributed by atoms with van der Waals surface area (Å²) in [6.45, 7) is 25.6. The lowest BCUT2D eigenvalue weighted by Gasteiger charge is -2.26. The lowest BCUT2D eigenvalue weighted by Crippen LogP contribution is -2.23. The number of hydrogen-bond acceptors (Lipinski definition) is 4. The summed E-state index contributed by atoms with van der Waals surface area (Å²) >= 11 is 0. The summed E-state index contributed by atoms with van der Waals surface area (Å²) in [5.74, 6) is 1.35. The Hall–Kier alpha value is -3.57. The molecule has 0 aromatic heterocycles. The van der Waals surface area contributed by atoms with Gasteiger partial charge >= 0.3 is 0 Å². The van der Waals surface area contributed by atoms with Crippen LogP contribution in [0.3, 0.4) is 0 Å². The van der Waals surface area contributed by atoms with Gasteiger partial charge in [-0.05, 0) is 108 Å². The van der Waals surface area contributed by atoms with Crippen molar-refractivity contribution in [2.24, 2.45) is 17.8 Å². The molecule has 0 N–H and O–H groups in total. The molecule has 3 aromatic rings. The summed E-state index contributed by atoms with van der Waals surface area (Å²) in [6, 6.07) is 26.6. The molecule has 0 saturated heterocycles. The molecule has 0 aliphatic rings. The molecule has 0 amide bonds. The standard InChI is InChI=1S/C42H57NO3Si3/c1-7-13-34(14-8-2)31-44-47-40-25-19-37(20-26-40)43(38-21-27-41(28-22-38)48-45-32-35(15-9-3)16-10-4)39-23-29-42(30-24-39)49-46-33-36(17-11-5)18-12-6/h7-12,19-30,34-36H,1-6,13-18,31-33,47-49H2. The average molecular weight is 708 g/mol. The van der Waals surface area contributed by atoms with E-state index in [0.29, 0.717) is 17.8 Å². The molecule has 3 aromatic carbocycles. The van der Waals surface area contributed by atoms with Gasteiger partial charge in [-0.2, -0.15) is 0 Å². The molecule has 4 nitrogen and oxygen atoms in total. The SMILES string of the molecule is C=CCC(CC=C)CO[SiH2]c1ccc(N(c2ccc([SiH2]OCC(CC=C)CC=C)cc2)c2ccc([SiH2]OCC(CC=C)CC=C)cc2)cc1. The van der Waals surface area contributed by atoms with Crippen LogP contribution in [0, 0.1) is 17.8 Å². The topological polar surface area (TPSA) is 30.9 Å². The number of allylic oxidation sites excluding steroid dienone is 6. The van der Waals surface area contributed by atoms with Gasteiger partial charge in [-0.15, -0.1) is 39.5 Å². The molecule has 7 heteroatoms. The zero-order chi connectivity index (χ0) is 35.1. The average Bonchev–Trinajstić information content (AvgIpc) is 3.11. The molecule has 0 aliphatic heterocycles. The largest absolute Gasteiger partial charge is 0.418 e. The molecule has 0 spiro atoms. The van der Waals surface area contributed by atoms with Crippen molar-refractivity contribution in [2.75, 3.05) is 24.7 Å². The predicted octanol–water partition coefficient (Wildman–Crippen LogP) is 6.64. The van der Waals surface area contributed by atoms with Gasteiger partial charge in [-0.3, -0.25) is 0 Å². The summed E-state index contributed by atoms with van der Waals surface area (Å²) in [7, 11) is -2.51. The number of benzene rings is 3. The molecule has 0 heterocycles. The second kappa shape index (κ2) is 23.7. The summed E-state index contributed by atoms with van der Waals surface area (Å²) in [4.78, 5) is 2.32. The Morgan fingerprint density at radius 3 is 0.837 bits per heavy atom. The van der Waals surface area contributed by atoms with E-state index in [4.69, 9.17) is 13.3 Å². The maximum absolute atomic E-state index is 6.23. The monoisotopic (exact) mass is 707 g/mol. The minimum absolute atomic E-state index is 0.451. The Morgan fingerprint density at radius 2 is 0.633 bits per heavy atom. The molecule has 0 saturated carbocycles. The van der Waals surface area contributed by atoms with Crippen LogP contribution in [0.25, 0.3) is 0 Å². The van der Waals surface area contributed by atoms with E-state index in [1.54, 1.807) is 0 Å². The molecular weight excluding hydrogens is 651 g/mol. The van der Waals surface area contributed by atoms with Crippen molar-refractivity contribution in [3.63, 3.8) is 0 Å². The molecule has 0 bridgehead atoms. The van der Waals surface area contributed by atoms with Crippen molar-refractivity contribution in [3.8, 4) is 0 Å². The van der Waals surface area contributed by atoms with Crippen molar-refractivity contribution >= 4 is 61.9 Å². The second-order valence-electron chi connectivity index (χ2n) is 12.6.